The van der Waals surface area contributed by atoms with Crippen LogP contribution in [0.1, 0.15) is 49.0 Å². The molecule has 0 atom stereocenters. The minimum absolute atomic E-state index is 0.107. The number of aryl methyl sites for hydroxylation is 5. The second-order valence-electron chi connectivity index (χ2n) is 8.43. The Kier molecular flexibility index (Phi) is 6.77. The fourth-order valence-electron chi connectivity index (χ4n) is 3.83. The average Bonchev–Trinajstić information content (AvgIpc) is 3.10. The molecular weight excluding hydrogens is 468 g/mol. The predicted octanol–water partition coefficient (Wildman–Crippen LogP) is 4.44. The summed E-state index contributed by atoms with van der Waals surface area (Å²) < 4.78 is 0. The highest BCUT2D eigenvalue weighted by Gasteiger charge is 2.20. The number of aromatic nitrogens is 3. The molecule has 0 saturated carbocycles. The summed E-state index contributed by atoms with van der Waals surface area (Å²) in [6, 6.07) is 8.14. The van der Waals surface area contributed by atoms with E-state index in [1.54, 1.807) is 18.7 Å². The number of aromatic amines is 2. The number of hydrogen-bond acceptors (Lipinski definition) is 6. The van der Waals surface area contributed by atoms with Crippen LogP contribution in [0, 0.1) is 34.6 Å². The van der Waals surface area contributed by atoms with Crippen LogP contribution in [-0.4, -0.2) is 20.9 Å². The molecule has 4 aromatic rings. The summed E-state index contributed by atoms with van der Waals surface area (Å²) in [6.07, 6.45) is 0. The van der Waals surface area contributed by atoms with Gasteiger partial charge in [-0.05, 0) is 63.4 Å². The molecule has 0 spiro atoms. The van der Waals surface area contributed by atoms with Gasteiger partial charge < -0.3 is 15.3 Å². The topological polar surface area (TPSA) is 108 Å². The van der Waals surface area contributed by atoms with Gasteiger partial charge in [0.2, 0.25) is 0 Å². The van der Waals surface area contributed by atoms with Gasteiger partial charge in [-0.25, -0.2) is 4.98 Å². The van der Waals surface area contributed by atoms with E-state index in [9.17, 15) is 14.4 Å². The molecule has 3 N–H and O–H groups in total. The Hall–Kier alpha value is -3.17. The van der Waals surface area contributed by atoms with Crippen LogP contribution in [0.4, 0.5) is 0 Å². The Morgan fingerprint density at radius 1 is 1.03 bits per heavy atom. The fourth-order valence-corrected chi connectivity index (χ4v) is 5.94. The van der Waals surface area contributed by atoms with Crippen molar-refractivity contribution >= 4 is 39.2 Å². The normalized spacial score (nSPS) is 11.2. The summed E-state index contributed by atoms with van der Waals surface area (Å²) in [7, 11) is 0. The minimum atomic E-state index is -0.328. The lowest BCUT2D eigenvalue weighted by molar-refractivity contribution is 0.0954. The Morgan fingerprint density at radius 2 is 1.79 bits per heavy atom. The lowest BCUT2D eigenvalue weighted by Crippen LogP contribution is -2.27. The summed E-state index contributed by atoms with van der Waals surface area (Å²) in [6.45, 7) is 9.62. The largest absolute Gasteiger partial charge is 0.347 e. The van der Waals surface area contributed by atoms with Gasteiger partial charge in [-0.3, -0.25) is 14.4 Å². The van der Waals surface area contributed by atoms with Gasteiger partial charge in [0, 0.05) is 22.7 Å². The van der Waals surface area contributed by atoms with Gasteiger partial charge in [0.25, 0.3) is 17.0 Å². The van der Waals surface area contributed by atoms with Gasteiger partial charge in [-0.2, -0.15) is 0 Å². The molecule has 0 aliphatic heterocycles. The van der Waals surface area contributed by atoms with E-state index < -0.39 is 0 Å². The van der Waals surface area contributed by atoms with Crippen molar-refractivity contribution in [1.29, 1.82) is 0 Å². The number of pyridine rings is 1. The molecule has 176 valence electrons. The SMILES string of the molecule is Cc1ccc(C)c(SCc2nc3sc(C(=O)NCc4c(C)cc(C)[nH]c4=O)c(C)c3c(=O)[nH]2)c1. The van der Waals surface area contributed by atoms with Crippen LogP contribution >= 0.6 is 23.1 Å². The molecular formula is C25H26N4O3S2. The van der Waals surface area contributed by atoms with Crippen LogP contribution in [0.15, 0.2) is 38.8 Å². The highest BCUT2D eigenvalue weighted by atomic mass is 32.2. The van der Waals surface area contributed by atoms with Crippen LogP contribution in [0.3, 0.4) is 0 Å². The standard InChI is InChI=1S/C25H26N4O3S2/c1-12-6-7-13(2)18(8-12)33-11-19-28-23(31)20-16(5)21(34-25(20)29-19)24(32)26-10-17-14(3)9-15(4)27-22(17)30/h6-9H,10-11H2,1-5H3,(H,26,32)(H,27,30)(H,28,29,31). The van der Waals surface area contributed by atoms with Gasteiger partial charge in [0.05, 0.1) is 16.0 Å². The second-order valence-corrected chi connectivity index (χ2v) is 10.4. The summed E-state index contributed by atoms with van der Waals surface area (Å²) in [4.78, 5) is 50.3. The minimum Gasteiger partial charge on any atom is -0.347 e. The van der Waals surface area contributed by atoms with Crippen molar-refractivity contribution in [3.63, 3.8) is 0 Å². The van der Waals surface area contributed by atoms with Gasteiger partial charge in [-0.15, -0.1) is 23.1 Å². The first-order chi connectivity index (χ1) is 16.1. The molecule has 0 aliphatic carbocycles. The molecule has 0 fully saturated rings. The molecule has 0 saturated heterocycles. The lowest BCUT2D eigenvalue weighted by atomic mass is 10.1. The number of hydrogen-bond donors (Lipinski definition) is 3. The summed E-state index contributed by atoms with van der Waals surface area (Å²) in [5.74, 6) is 0.757. The highest BCUT2D eigenvalue weighted by Crippen LogP contribution is 2.29. The third-order valence-corrected chi connectivity index (χ3v) is 8.04. The maximum Gasteiger partial charge on any atom is 0.261 e. The molecule has 7 nitrogen and oxygen atoms in total. The Bertz CT molecular complexity index is 1530. The smallest absolute Gasteiger partial charge is 0.261 e. The number of nitrogens with zero attached hydrogens (tertiary/aromatic N) is 1. The van der Waals surface area contributed by atoms with Gasteiger partial charge in [0.1, 0.15) is 10.7 Å². The van der Waals surface area contributed by atoms with Crippen molar-refractivity contribution in [3.05, 3.63) is 89.2 Å². The molecule has 1 aromatic carbocycles. The second kappa shape index (κ2) is 9.60. The Balaban J connectivity index is 1.56. The van der Waals surface area contributed by atoms with Gasteiger partial charge in [0.15, 0.2) is 0 Å². The first-order valence-corrected chi connectivity index (χ1v) is 12.6. The number of carbonyl (C=O) groups is 1. The van der Waals surface area contributed by atoms with Crippen molar-refractivity contribution < 1.29 is 4.79 Å². The number of thioether (sulfide) groups is 1. The van der Waals surface area contributed by atoms with E-state index in [4.69, 9.17) is 0 Å². The van der Waals surface area contributed by atoms with E-state index in [2.05, 4.69) is 45.4 Å². The van der Waals surface area contributed by atoms with Gasteiger partial charge >= 0.3 is 0 Å². The average molecular weight is 495 g/mol. The number of thiophene rings is 1. The molecule has 0 bridgehead atoms. The van der Waals surface area contributed by atoms with Crippen LogP contribution in [0.2, 0.25) is 0 Å². The van der Waals surface area contributed by atoms with Crippen LogP contribution < -0.4 is 16.4 Å². The summed E-state index contributed by atoms with van der Waals surface area (Å²) in [5, 5.41) is 3.25. The number of H-pyrrole nitrogens is 2. The molecule has 9 heteroatoms. The predicted molar refractivity (Wildman–Crippen MR) is 138 cm³/mol. The zero-order chi connectivity index (χ0) is 24.6. The van der Waals surface area contributed by atoms with Crippen molar-refractivity contribution in [2.45, 2.75) is 51.8 Å². The fraction of sp³-hybridized carbons (Fsp3) is 0.280. The van der Waals surface area contributed by atoms with Crippen molar-refractivity contribution in [1.82, 2.24) is 20.3 Å². The number of amides is 1. The number of nitrogens with one attached hydrogen (secondary N) is 3. The molecule has 0 unspecified atom stereocenters. The highest BCUT2D eigenvalue weighted by molar-refractivity contribution is 7.98. The maximum atomic E-state index is 12.9. The third kappa shape index (κ3) is 4.85. The number of carbonyl (C=O) groups excluding carboxylic acids is 1. The van der Waals surface area contributed by atoms with Crippen molar-refractivity contribution in [3.8, 4) is 0 Å². The first kappa shape index (κ1) is 24.0. The quantitative estimate of drug-likeness (QED) is 0.344. The summed E-state index contributed by atoms with van der Waals surface area (Å²) >= 11 is 2.81. The number of fused-ring (bicyclic) bond motifs is 1. The van der Waals surface area contributed by atoms with E-state index in [0.717, 1.165) is 16.2 Å². The Labute approximate surface area is 205 Å². The van der Waals surface area contributed by atoms with Crippen molar-refractivity contribution in [2.75, 3.05) is 0 Å². The Morgan fingerprint density at radius 3 is 2.53 bits per heavy atom. The van der Waals surface area contributed by atoms with Crippen LogP contribution in [0.5, 0.6) is 0 Å². The number of rotatable bonds is 6. The molecule has 1 amide bonds. The summed E-state index contributed by atoms with van der Waals surface area (Å²) in [5.41, 5.74) is 4.59. The molecule has 3 heterocycles. The monoisotopic (exact) mass is 494 g/mol. The van der Waals surface area contributed by atoms with E-state index in [0.29, 0.717) is 37.8 Å². The molecule has 4 rings (SSSR count). The van der Waals surface area contributed by atoms with Crippen LogP contribution in [0.25, 0.3) is 10.2 Å². The molecule has 0 radical (unpaired) electrons. The van der Waals surface area contributed by atoms with E-state index >= 15 is 0 Å². The van der Waals surface area contributed by atoms with Gasteiger partial charge in [-0.1, -0.05) is 17.7 Å². The zero-order valence-corrected chi connectivity index (χ0v) is 21.3. The maximum absolute atomic E-state index is 12.9. The first-order valence-electron chi connectivity index (χ1n) is 10.8. The van der Waals surface area contributed by atoms with Crippen molar-refractivity contribution in [2.24, 2.45) is 0 Å². The number of benzene rings is 1. The van der Waals surface area contributed by atoms with E-state index in [1.165, 1.54) is 22.5 Å². The third-order valence-electron chi connectivity index (χ3n) is 5.68. The molecule has 34 heavy (non-hydrogen) atoms. The zero-order valence-electron chi connectivity index (χ0n) is 19.7. The molecule has 0 aliphatic rings. The van der Waals surface area contributed by atoms with Crippen LogP contribution in [-0.2, 0) is 12.3 Å². The van der Waals surface area contributed by atoms with E-state index in [1.807, 2.05) is 26.8 Å². The molecule has 3 aromatic heterocycles. The lowest BCUT2D eigenvalue weighted by Gasteiger charge is -2.07. The van der Waals surface area contributed by atoms with E-state index in [-0.39, 0.29) is 23.6 Å².